The zero-order valence-corrected chi connectivity index (χ0v) is 23.9. The van der Waals surface area contributed by atoms with E-state index in [2.05, 4.69) is 5.32 Å². The van der Waals surface area contributed by atoms with Crippen LogP contribution >= 0.6 is 0 Å². The van der Waals surface area contributed by atoms with E-state index in [1.54, 1.807) is 0 Å². The second-order valence-electron chi connectivity index (χ2n) is 9.20. The highest BCUT2D eigenvalue weighted by Gasteiger charge is 2.33. The molecule has 0 saturated heterocycles. The maximum Gasteiger partial charge on any atom is 0.264 e. The Morgan fingerprint density at radius 3 is 2.17 bits per heavy atom. The Balaban J connectivity index is 1.99. The van der Waals surface area contributed by atoms with Gasteiger partial charge in [0.2, 0.25) is 11.8 Å². The summed E-state index contributed by atoms with van der Waals surface area (Å²) in [5.41, 5.74) is 1.10. The van der Waals surface area contributed by atoms with Crippen LogP contribution in [-0.2, 0) is 26.0 Å². The van der Waals surface area contributed by atoms with E-state index in [1.807, 2.05) is 44.2 Å². The number of benzene rings is 3. The Bertz CT molecular complexity index is 1350. The van der Waals surface area contributed by atoms with Gasteiger partial charge in [-0.2, -0.15) is 0 Å². The number of ether oxygens (including phenoxy) is 1. The number of amides is 2. The number of rotatable bonds is 14. The van der Waals surface area contributed by atoms with Crippen LogP contribution in [0.4, 0.5) is 10.1 Å². The first-order valence-corrected chi connectivity index (χ1v) is 14.7. The Morgan fingerprint density at radius 2 is 1.60 bits per heavy atom. The van der Waals surface area contributed by atoms with Crippen LogP contribution in [0.25, 0.3) is 0 Å². The summed E-state index contributed by atoms with van der Waals surface area (Å²) in [6.07, 6.45) is 1.56. The van der Waals surface area contributed by atoms with Crippen molar-refractivity contribution in [2.75, 3.05) is 31.0 Å². The van der Waals surface area contributed by atoms with Crippen molar-refractivity contribution in [1.29, 1.82) is 0 Å². The number of anilines is 1. The molecule has 40 heavy (non-hydrogen) atoms. The van der Waals surface area contributed by atoms with Crippen LogP contribution in [0.3, 0.4) is 0 Å². The van der Waals surface area contributed by atoms with Gasteiger partial charge < -0.3 is 15.0 Å². The molecule has 1 N–H and O–H groups in total. The number of carbonyl (C=O) groups excluding carboxylic acids is 2. The lowest BCUT2D eigenvalue weighted by atomic mass is 10.1. The van der Waals surface area contributed by atoms with Crippen LogP contribution < -0.4 is 14.4 Å². The Labute approximate surface area is 235 Å². The average Bonchev–Trinajstić information content (AvgIpc) is 2.97. The van der Waals surface area contributed by atoms with Crippen molar-refractivity contribution in [1.82, 2.24) is 10.2 Å². The van der Waals surface area contributed by atoms with E-state index in [0.717, 1.165) is 28.4 Å². The minimum absolute atomic E-state index is 0.0611. The lowest BCUT2D eigenvalue weighted by Gasteiger charge is -2.33. The second-order valence-corrected chi connectivity index (χ2v) is 11.1. The standard InChI is InChI=1S/C30H36FN3O5S/c1-4-20-32-30(36)28(5-2)33(21-19-23-9-7-6-8-10-23)29(35)22-34(25-13-11-24(31)12-14-25)40(37,38)27-17-15-26(39-3)16-18-27/h6-18,28H,4-5,19-22H2,1-3H3,(H,32,36)/t28-/m0/s1. The van der Waals surface area contributed by atoms with Crippen molar-refractivity contribution in [3.63, 3.8) is 0 Å². The fraction of sp³-hybridized carbons (Fsp3) is 0.333. The van der Waals surface area contributed by atoms with Crippen LogP contribution in [0.1, 0.15) is 32.3 Å². The van der Waals surface area contributed by atoms with E-state index in [-0.39, 0.29) is 23.0 Å². The molecule has 3 aromatic rings. The van der Waals surface area contributed by atoms with E-state index >= 15 is 0 Å². The van der Waals surface area contributed by atoms with Gasteiger partial charge in [-0.05, 0) is 73.4 Å². The number of nitrogens with one attached hydrogen (secondary N) is 1. The smallest absolute Gasteiger partial charge is 0.264 e. The minimum atomic E-state index is -4.25. The summed E-state index contributed by atoms with van der Waals surface area (Å²) < 4.78 is 47.5. The molecule has 0 aromatic heterocycles. The quantitative estimate of drug-likeness (QED) is 0.310. The van der Waals surface area contributed by atoms with Crippen LogP contribution in [0.5, 0.6) is 5.75 Å². The van der Waals surface area contributed by atoms with Gasteiger partial charge in [0.25, 0.3) is 10.0 Å². The zero-order chi connectivity index (χ0) is 29.1. The summed E-state index contributed by atoms with van der Waals surface area (Å²) in [6, 6.07) is 19.4. The van der Waals surface area contributed by atoms with Gasteiger partial charge in [-0.25, -0.2) is 12.8 Å². The molecule has 0 radical (unpaired) electrons. The number of methoxy groups -OCH3 is 1. The topological polar surface area (TPSA) is 96.0 Å². The van der Waals surface area contributed by atoms with Gasteiger partial charge in [0.05, 0.1) is 17.7 Å². The van der Waals surface area contributed by atoms with Gasteiger partial charge in [-0.1, -0.05) is 44.2 Å². The second kappa shape index (κ2) is 14.5. The number of nitrogens with zero attached hydrogens (tertiary/aromatic N) is 2. The number of hydrogen-bond donors (Lipinski definition) is 1. The molecule has 0 heterocycles. The predicted molar refractivity (Wildman–Crippen MR) is 153 cm³/mol. The summed E-state index contributed by atoms with van der Waals surface area (Å²) in [5, 5.41) is 2.86. The first kappa shape index (κ1) is 30.6. The van der Waals surface area contributed by atoms with Crippen molar-refractivity contribution >= 4 is 27.5 Å². The summed E-state index contributed by atoms with van der Waals surface area (Å²) in [4.78, 5) is 28.4. The van der Waals surface area contributed by atoms with E-state index in [9.17, 15) is 22.4 Å². The Hall–Kier alpha value is -3.92. The third kappa shape index (κ3) is 7.81. The van der Waals surface area contributed by atoms with Crippen molar-refractivity contribution in [2.45, 2.75) is 44.0 Å². The van der Waals surface area contributed by atoms with E-state index in [0.29, 0.717) is 25.1 Å². The highest BCUT2D eigenvalue weighted by Crippen LogP contribution is 2.26. The molecule has 3 rings (SSSR count). The maximum atomic E-state index is 13.9. The third-order valence-electron chi connectivity index (χ3n) is 6.46. The summed E-state index contributed by atoms with van der Waals surface area (Å²) >= 11 is 0. The summed E-state index contributed by atoms with van der Waals surface area (Å²) in [5.74, 6) is -0.910. The summed E-state index contributed by atoms with van der Waals surface area (Å²) in [7, 11) is -2.78. The molecule has 0 aliphatic rings. The molecule has 0 aliphatic heterocycles. The highest BCUT2D eigenvalue weighted by molar-refractivity contribution is 7.92. The molecule has 2 amide bonds. The molecule has 214 valence electrons. The zero-order valence-electron chi connectivity index (χ0n) is 23.0. The molecule has 0 fully saturated rings. The van der Waals surface area contributed by atoms with Gasteiger partial charge >= 0.3 is 0 Å². The lowest BCUT2D eigenvalue weighted by Crippen LogP contribution is -2.53. The fourth-order valence-electron chi connectivity index (χ4n) is 4.27. The van der Waals surface area contributed by atoms with E-state index in [1.165, 1.54) is 48.4 Å². The lowest BCUT2D eigenvalue weighted by molar-refractivity contribution is -0.139. The van der Waals surface area contributed by atoms with Crippen LogP contribution in [-0.4, -0.2) is 57.9 Å². The Kier molecular flexibility index (Phi) is 11.1. The minimum Gasteiger partial charge on any atom is -0.497 e. The molecule has 1 atom stereocenters. The van der Waals surface area contributed by atoms with Crippen molar-refractivity contribution < 1.29 is 27.1 Å². The third-order valence-corrected chi connectivity index (χ3v) is 8.25. The molecule has 0 aliphatic carbocycles. The van der Waals surface area contributed by atoms with E-state index < -0.39 is 34.3 Å². The van der Waals surface area contributed by atoms with E-state index in [4.69, 9.17) is 4.74 Å². The van der Waals surface area contributed by atoms with Gasteiger partial charge in [0.15, 0.2) is 0 Å². The maximum absolute atomic E-state index is 13.9. The first-order chi connectivity index (χ1) is 19.2. The fourth-order valence-corrected chi connectivity index (χ4v) is 5.69. The first-order valence-electron chi connectivity index (χ1n) is 13.2. The van der Waals surface area contributed by atoms with Gasteiger partial charge in [0, 0.05) is 13.1 Å². The normalized spacial score (nSPS) is 11.9. The summed E-state index contributed by atoms with van der Waals surface area (Å²) in [6.45, 7) is 3.84. The number of carbonyl (C=O) groups is 2. The molecule has 10 heteroatoms. The molecular formula is C30H36FN3O5S. The van der Waals surface area contributed by atoms with Crippen molar-refractivity contribution in [3.05, 3.63) is 90.2 Å². The predicted octanol–water partition coefficient (Wildman–Crippen LogP) is 4.41. The van der Waals surface area contributed by atoms with Gasteiger partial charge in [0.1, 0.15) is 24.2 Å². The number of hydrogen-bond acceptors (Lipinski definition) is 5. The molecule has 8 nitrogen and oxygen atoms in total. The number of sulfonamides is 1. The van der Waals surface area contributed by atoms with Crippen LogP contribution in [0.15, 0.2) is 83.8 Å². The van der Waals surface area contributed by atoms with Crippen molar-refractivity contribution in [3.8, 4) is 5.75 Å². The van der Waals surface area contributed by atoms with Crippen LogP contribution in [0, 0.1) is 5.82 Å². The largest absolute Gasteiger partial charge is 0.497 e. The molecular weight excluding hydrogens is 533 g/mol. The molecule has 0 unspecified atom stereocenters. The monoisotopic (exact) mass is 569 g/mol. The van der Waals surface area contributed by atoms with Gasteiger partial charge in [-0.15, -0.1) is 0 Å². The SMILES string of the molecule is CCCNC(=O)[C@H](CC)N(CCc1ccccc1)C(=O)CN(c1ccc(F)cc1)S(=O)(=O)c1ccc(OC)cc1. The molecule has 0 saturated carbocycles. The molecule has 3 aromatic carbocycles. The van der Waals surface area contributed by atoms with Crippen LogP contribution in [0.2, 0.25) is 0 Å². The number of halogens is 1. The van der Waals surface area contributed by atoms with Gasteiger partial charge in [-0.3, -0.25) is 13.9 Å². The van der Waals surface area contributed by atoms with Crippen molar-refractivity contribution in [2.24, 2.45) is 0 Å². The molecule has 0 spiro atoms. The Morgan fingerprint density at radius 1 is 0.950 bits per heavy atom. The molecule has 0 bridgehead atoms. The average molecular weight is 570 g/mol. The highest BCUT2D eigenvalue weighted by atomic mass is 32.2.